The van der Waals surface area contributed by atoms with E-state index in [9.17, 15) is 0 Å². The molecule has 0 bridgehead atoms. The van der Waals surface area contributed by atoms with Gasteiger partial charge in [0.1, 0.15) is 12.7 Å². The fourth-order valence-corrected chi connectivity index (χ4v) is 4.83. The van der Waals surface area contributed by atoms with Gasteiger partial charge in [0.2, 0.25) is 0 Å². The molecule has 6 nitrogen and oxygen atoms in total. The predicted molar refractivity (Wildman–Crippen MR) is 143 cm³/mol. The van der Waals surface area contributed by atoms with E-state index >= 15 is 8.78 Å². The van der Waals surface area contributed by atoms with Crippen LogP contribution in [0.3, 0.4) is 0 Å². The van der Waals surface area contributed by atoms with Gasteiger partial charge in [0.25, 0.3) is 5.92 Å². The van der Waals surface area contributed by atoms with Crippen molar-refractivity contribution in [2.45, 2.75) is 5.92 Å². The van der Waals surface area contributed by atoms with Crippen molar-refractivity contribution in [3.63, 3.8) is 0 Å². The first-order valence-corrected chi connectivity index (χ1v) is 12.2. The molecule has 0 saturated carbocycles. The molecule has 4 aromatic carbocycles. The van der Waals surface area contributed by atoms with E-state index < -0.39 is 5.92 Å². The number of halogens is 2. The Hall–Kier alpha value is -5.24. The van der Waals surface area contributed by atoms with Crippen molar-refractivity contribution < 1.29 is 8.78 Å². The van der Waals surface area contributed by atoms with Crippen LogP contribution in [0.15, 0.2) is 110 Å². The Morgan fingerprint density at radius 2 is 0.897 bits per heavy atom. The Morgan fingerprint density at radius 3 is 1.38 bits per heavy atom. The molecule has 0 spiro atoms. The number of nitrogens with zero attached hydrogens (tertiary/aromatic N) is 6. The first-order valence-electron chi connectivity index (χ1n) is 12.2. The molecule has 0 unspecified atom stereocenters. The minimum absolute atomic E-state index is 0.0850. The molecule has 2 aromatic heterocycles. The smallest absolute Gasteiger partial charge is 0.225 e. The summed E-state index contributed by atoms with van der Waals surface area (Å²) < 4.78 is 31.8. The maximum atomic E-state index is 15.9. The van der Waals surface area contributed by atoms with Gasteiger partial charge in [-0.25, -0.2) is 29.9 Å². The Morgan fingerprint density at radius 1 is 0.462 bits per heavy atom. The molecule has 6 aromatic rings. The van der Waals surface area contributed by atoms with Gasteiger partial charge in [0.05, 0.1) is 0 Å². The number of alkyl halides is 2. The van der Waals surface area contributed by atoms with Crippen molar-refractivity contribution in [1.29, 1.82) is 0 Å². The van der Waals surface area contributed by atoms with Gasteiger partial charge >= 0.3 is 0 Å². The fourth-order valence-electron chi connectivity index (χ4n) is 4.83. The number of fused-ring (bicyclic) bond motifs is 3. The van der Waals surface area contributed by atoms with Crippen LogP contribution in [0.25, 0.3) is 56.7 Å². The fraction of sp³-hybridized carbons (Fsp3) is 0.0323. The van der Waals surface area contributed by atoms with Crippen LogP contribution in [-0.2, 0) is 5.92 Å². The average Bonchev–Trinajstić information content (AvgIpc) is 3.23. The second-order valence-corrected chi connectivity index (χ2v) is 9.10. The highest BCUT2D eigenvalue weighted by Crippen LogP contribution is 2.52. The topological polar surface area (TPSA) is 77.3 Å². The van der Waals surface area contributed by atoms with Crippen LogP contribution in [0.4, 0.5) is 8.78 Å². The van der Waals surface area contributed by atoms with Gasteiger partial charge in [-0.15, -0.1) is 0 Å². The molecule has 186 valence electrons. The lowest BCUT2D eigenvalue weighted by atomic mass is 10.0. The summed E-state index contributed by atoms with van der Waals surface area (Å²) in [6.45, 7) is 0. The van der Waals surface area contributed by atoms with Crippen molar-refractivity contribution >= 4 is 0 Å². The molecule has 0 radical (unpaired) electrons. The maximum absolute atomic E-state index is 15.9. The Labute approximate surface area is 222 Å². The van der Waals surface area contributed by atoms with Gasteiger partial charge in [0.15, 0.2) is 23.3 Å². The van der Waals surface area contributed by atoms with Gasteiger partial charge in [-0.3, -0.25) is 0 Å². The van der Waals surface area contributed by atoms with Crippen molar-refractivity contribution in [1.82, 2.24) is 29.9 Å². The van der Waals surface area contributed by atoms with E-state index in [1.807, 2.05) is 60.7 Å². The molecule has 8 heteroatoms. The van der Waals surface area contributed by atoms with Crippen LogP contribution in [0, 0.1) is 0 Å². The van der Waals surface area contributed by atoms with E-state index in [2.05, 4.69) is 29.9 Å². The van der Waals surface area contributed by atoms with E-state index in [1.165, 1.54) is 24.8 Å². The molecule has 7 rings (SSSR count). The number of aromatic nitrogens is 6. The molecule has 0 aliphatic heterocycles. The van der Waals surface area contributed by atoms with Crippen LogP contribution in [0.5, 0.6) is 0 Å². The SMILES string of the molecule is FC1(F)c2cc(-c3ncncn3)ccc2-c2ccc(-c3nc(-c4ccccc4)nc(-c4ccccc4)n3)cc21. The first-order chi connectivity index (χ1) is 19.1. The zero-order chi connectivity index (χ0) is 26.4. The third kappa shape index (κ3) is 3.93. The summed E-state index contributed by atoms with van der Waals surface area (Å²) in [5.74, 6) is -1.62. The second-order valence-electron chi connectivity index (χ2n) is 9.10. The van der Waals surface area contributed by atoms with Crippen LogP contribution >= 0.6 is 0 Å². The molecule has 0 fully saturated rings. The molecule has 2 heterocycles. The molecule has 0 N–H and O–H groups in total. The van der Waals surface area contributed by atoms with Crippen molar-refractivity contribution in [3.8, 4) is 56.7 Å². The van der Waals surface area contributed by atoms with Crippen LogP contribution in [0.2, 0.25) is 0 Å². The summed E-state index contributed by atoms with van der Waals surface area (Å²) in [6.07, 6.45) is 2.69. The lowest BCUT2D eigenvalue weighted by Crippen LogP contribution is -2.11. The largest absolute Gasteiger partial charge is 0.299 e. The minimum Gasteiger partial charge on any atom is -0.225 e. The average molecular weight is 513 g/mol. The third-order valence-electron chi connectivity index (χ3n) is 6.72. The summed E-state index contributed by atoms with van der Waals surface area (Å²) >= 11 is 0. The van der Waals surface area contributed by atoms with Crippen LogP contribution in [0.1, 0.15) is 11.1 Å². The molecular weight excluding hydrogens is 494 g/mol. The molecule has 39 heavy (non-hydrogen) atoms. The van der Waals surface area contributed by atoms with Gasteiger partial charge < -0.3 is 0 Å². The highest BCUT2D eigenvalue weighted by Gasteiger charge is 2.44. The van der Waals surface area contributed by atoms with Crippen molar-refractivity contribution in [3.05, 3.63) is 121 Å². The van der Waals surface area contributed by atoms with Gasteiger partial charge in [-0.05, 0) is 23.3 Å². The van der Waals surface area contributed by atoms with Gasteiger partial charge in [0, 0.05) is 33.4 Å². The van der Waals surface area contributed by atoms with Crippen molar-refractivity contribution in [2.24, 2.45) is 0 Å². The Kier molecular flexibility index (Phi) is 5.26. The van der Waals surface area contributed by atoms with E-state index in [0.29, 0.717) is 45.6 Å². The number of hydrogen-bond donors (Lipinski definition) is 0. The molecule has 0 atom stereocenters. The Bertz CT molecular complexity index is 1770. The standard InChI is InChI=1S/C31H18F2N6/c32-31(33)25-15-21(27-35-17-34-18-36-27)11-13-23(25)24-14-12-22(16-26(24)31)30-38-28(19-7-3-1-4-8-19)37-29(39-30)20-9-5-2-6-10-20/h1-18H. The van der Waals surface area contributed by atoms with Gasteiger partial charge in [-0.1, -0.05) is 84.9 Å². The molecular formula is C31H18F2N6. The van der Waals surface area contributed by atoms with E-state index in [4.69, 9.17) is 0 Å². The lowest BCUT2D eigenvalue weighted by Gasteiger charge is -2.14. The quantitative estimate of drug-likeness (QED) is 0.257. The number of rotatable bonds is 4. The van der Waals surface area contributed by atoms with Gasteiger partial charge in [-0.2, -0.15) is 8.78 Å². The van der Waals surface area contributed by atoms with E-state index in [0.717, 1.165) is 11.1 Å². The second kappa shape index (κ2) is 8.95. The molecule has 0 saturated heterocycles. The summed E-state index contributed by atoms with van der Waals surface area (Å²) in [6, 6.07) is 28.9. The monoisotopic (exact) mass is 512 g/mol. The highest BCUT2D eigenvalue weighted by atomic mass is 19.3. The molecule has 1 aliphatic rings. The zero-order valence-corrected chi connectivity index (χ0v) is 20.3. The lowest BCUT2D eigenvalue weighted by molar-refractivity contribution is 0.0481. The summed E-state index contributed by atoms with van der Waals surface area (Å²) in [5.41, 5.74) is 3.37. The zero-order valence-electron chi connectivity index (χ0n) is 20.3. The summed E-state index contributed by atoms with van der Waals surface area (Å²) in [5, 5.41) is 0. The van der Waals surface area contributed by atoms with E-state index in [-0.39, 0.29) is 11.1 Å². The minimum atomic E-state index is -3.22. The molecule has 1 aliphatic carbocycles. The Balaban J connectivity index is 1.36. The number of hydrogen-bond acceptors (Lipinski definition) is 6. The normalized spacial score (nSPS) is 13.1. The number of benzene rings is 4. The first kappa shape index (κ1) is 22.9. The maximum Gasteiger partial charge on any atom is 0.299 e. The van der Waals surface area contributed by atoms with Crippen LogP contribution < -0.4 is 0 Å². The van der Waals surface area contributed by atoms with Crippen molar-refractivity contribution in [2.75, 3.05) is 0 Å². The molecule has 0 amide bonds. The summed E-state index contributed by atoms with van der Waals surface area (Å²) in [7, 11) is 0. The predicted octanol–water partition coefficient (Wildman–Crippen LogP) is 6.85. The third-order valence-corrected chi connectivity index (χ3v) is 6.72. The highest BCUT2D eigenvalue weighted by molar-refractivity contribution is 5.84. The summed E-state index contributed by atoms with van der Waals surface area (Å²) in [4.78, 5) is 26.1. The van der Waals surface area contributed by atoms with E-state index in [1.54, 1.807) is 24.3 Å². The van der Waals surface area contributed by atoms with Crippen LogP contribution in [-0.4, -0.2) is 29.9 Å².